The van der Waals surface area contributed by atoms with Gasteiger partial charge in [0, 0.05) is 23.2 Å². The van der Waals surface area contributed by atoms with Crippen LogP contribution in [0.15, 0.2) is 17.8 Å². The fourth-order valence-electron chi connectivity index (χ4n) is 1.46. The first-order valence-electron chi connectivity index (χ1n) is 5.47. The lowest BCUT2D eigenvalue weighted by atomic mass is 9.83. The van der Waals surface area contributed by atoms with Gasteiger partial charge in [-0.05, 0) is 6.42 Å². The maximum atomic E-state index is 12.0. The Kier molecular flexibility index (Phi) is 2.84. The third-order valence-electron chi connectivity index (χ3n) is 3.12. The Hall–Kier alpha value is -1.16. The van der Waals surface area contributed by atoms with Crippen LogP contribution in [0.1, 0.15) is 32.9 Å². The number of rotatable bonds is 4. The lowest BCUT2D eigenvalue weighted by molar-refractivity contribution is -0.126. The molecule has 0 atom stereocenters. The van der Waals surface area contributed by atoms with Gasteiger partial charge in [0.25, 0.3) is 0 Å². The van der Waals surface area contributed by atoms with E-state index in [1.807, 2.05) is 42.9 Å². The Bertz CT molecular complexity index is 481. The van der Waals surface area contributed by atoms with Crippen LogP contribution < -0.4 is 0 Å². The number of Topliss-reactive ketones (excluding diaryl/α,β-unsaturated/α-hetero) is 1. The van der Waals surface area contributed by atoms with Crippen molar-refractivity contribution in [2.24, 2.45) is 5.41 Å². The summed E-state index contributed by atoms with van der Waals surface area (Å²) in [6.07, 6.45) is 5.21. The fourth-order valence-corrected chi connectivity index (χ4v) is 2.18. The van der Waals surface area contributed by atoms with Crippen molar-refractivity contribution in [1.29, 1.82) is 0 Å². The second kappa shape index (κ2) is 4.01. The molecule has 0 radical (unpaired) electrons. The quantitative estimate of drug-likeness (QED) is 0.818. The van der Waals surface area contributed by atoms with Crippen LogP contribution in [0.3, 0.4) is 0 Å². The summed E-state index contributed by atoms with van der Waals surface area (Å²) in [4.78, 5) is 17.4. The Morgan fingerprint density at radius 1 is 1.56 bits per heavy atom. The molecule has 0 fully saturated rings. The zero-order valence-corrected chi connectivity index (χ0v) is 10.7. The largest absolute Gasteiger partial charge is 0.299 e. The Morgan fingerprint density at radius 3 is 2.94 bits per heavy atom. The molecule has 0 amide bonds. The topological polar surface area (TPSA) is 34.4 Å². The summed E-state index contributed by atoms with van der Waals surface area (Å²) >= 11 is 1.59. The predicted molar refractivity (Wildman–Crippen MR) is 65.9 cm³/mol. The molecule has 2 rings (SSSR count). The Labute approximate surface area is 99.1 Å². The van der Waals surface area contributed by atoms with Crippen LogP contribution in [-0.4, -0.2) is 15.2 Å². The van der Waals surface area contributed by atoms with Crippen molar-refractivity contribution in [3.05, 3.63) is 23.5 Å². The van der Waals surface area contributed by atoms with Crippen LogP contribution in [-0.2, 0) is 11.2 Å². The van der Waals surface area contributed by atoms with E-state index >= 15 is 0 Å². The van der Waals surface area contributed by atoms with Crippen molar-refractivity contribution in [3.63, 3.8) is 0 Å². The van der Waals surface area contributed by atoms with Crippen molar-refractivity contribution in [3.8, 4) is 0 Å². The summed E-state index contributed by atoms with van der Waals surface area (Å²) in [7, 11) is 0. The fraction of sp³-hybridized carbons (Fsp3) is 0.500. The summed E-state index contributed by atoms with van der Waals surface area (Å²) in [5, 5.41) is 1.99. The highest BCUT2D eigenvalue weighted by atomic mass is 32.1. The van der Waals surface area contributed by atoms with E-state index in [4.69, 9.17) is 0 Å². The maximum absolute atomic E-state index is 12.0. The van der Waals surface area contributed by atoms with Gasteiger partial charge in [0.1, 0.15) is 5.78 Å². The van der Waals surface area contributed by atoms with Crippen molar-refractivity contribution in [1.82, 2.24) is 9.38 Å². The minimum atomic E-state index is -0.239. The maximum Gasteiger partial charge on any atom is 0.193 e. The number of hydrogen-bond donors (Lipinski definition) is 0. The molecule has 2 heterocycles. The number of hydrogen-bond acceptors (Lipinski definition) is 3. The van der Waals surface area contributed by atoms with Crippen LogP contribution in [0.25, 0.3) is 4.96 Å². The highest BCUT2D eigenvalue weighted by molar-refractivity contribution is 7.15. The Balaban J connectivity index is 2.16. The van der Waals surface area contributed by atoms with Crippen LogP contribution >= 0.6 is 11.3 Å². The predicted octanol–water partition coefficient (Wildman–Crippen LogP) is 2.94. The lowest BCUT2D eigenvalue weighted by Crippen LogP contribution is -2.25. The molecule has 0 unspecified atom stereocenters. The molecule has 86 valence electrons. The summed E-state index contributed by atoms with van der Waals surface area (Å²) in [5.41, 5.74) is 0.634. The van der Waals surface area contributed by atoms with Gasteiger partial charge in [0.2, 0.25) is 0 Å². The van der Waals surface area contributed by atoms with Gasteiger partial charge < -0.3 is 0 Å². The Morgan fingerprint density at radius 2 is 2.31 bits per heavy atom. The van der Waals surface area contributed by atoms with Crippen molar-refractivity contribution >= 4 is 22.1 Å². The number of ketones is 1. The lowest BCUT2D eigenvalue weighted by Gasteiger charge is -2.19. The second-order valence-corrected chi connectivity index (χ2v) is 5.54. The van der Waals surface area contributed by atoms with Crippen LogP contribution in [0.5, 0.6) is 0 Å². The first-order chi connectivity index (χ1) is 7.53. The summed E-state index contributed by atoms with van der Waals surface area (Å²) in [6.45, 7) is 6.03. The first-order valence-corrected chi connectivity index (χ1v) is 6.35. The molecule has 0 aliphatic heterocycles. The number of nitrogens with zero attached hydrogens (tertiary/aromatic N) is 2. The van der Waals surface area contributed by atoms with Gasteiger partial charge in [-0.25, -0.2) is 4.98 Å². The number of carbonyl (C=O) groups is 1. The third-order valence-corrected chi connectivity index (χ3v) is 3.89. The van der Waals surface area contributed by atoms with Gasteiger partial charge in [0.05, 0.1) is 12.1 Å². The molecule has 0 bridgehead atoms. The van der Waals surface area contributed by atoms with E-state index in [1.165, 1.54) is 0 Å². The number of fused-ring (bicyclic) bond motifs is 1. The van der Waals surface area contributed by atoms with Crippen molar-refractivity contribution < 1.29 is 4.79 Å². The van der Waals surface area contributed by atoms with Gasteiger partial charge >= 0.3 is 0 Å². The second-order valence-electron chi connectivity index (χ2n) is 4.66. The average Bonchev–Trinajstić information content (AvgIpc) is 2.77. The summed E-state index contributed by atoms with van der Waals surface area (Å²) in [5.74, 6) is 0.265. The molecule has 0 spiro atoms. The van der Waals surface area contributed by atoms with E-state index in [1.54, 1.807) is 11.3 Å². The van der Waals surface area contributed by atoms with Crippen molar-refractivity contribution in [2.75, 3.05) is 0 Å². The zero-order chi connectivity index (χ0) is 11.8. The zero-order valence-electron chi connectivity index (χ0n) is 9.86. The number of imidazole rings is 1. The van der Waals surface area contributed by atoms with Gasteiger partial charge in [-0.3, -0.25) is 9.20 Å². The van der Waals surface area contributed by atoms with Crippen LogP contribution in [0.2, 0.25) is 0 Å². The molecule has 0 N–H and O–H groups in total. The van der Waals surface area contributed by atoms with Gasteiger partial charge in [-0.15, -0.1) is 11.3 Å². The SMILES string of the molecule is CCC(C)(C)C(=O)Cc1cn2ccsc2n1. The molecule has 0 saturated carbocycles. The highest BCUT2D eigenvalue weighted by Gasteiger charge is 2.25. The first kappa shape index (κ1) is 11.3. The van der Waals surface area contributed by atoms with Gasteiger partial charge in [-0.2, -0.15) is 0 Å². The minimum Gasteiger partial charge on any atom is -0.299 e. The average molecular weight is 236 g/mol. The highest BCUT2D eigenvalue weighted by Crippen LogP contribution is 2.23. The minimum absolute atomic E-state index is 0.239. The van der Waals surface area contributed by atoms with E-state index in [-0.39, 0.29) is 11.2 Å². The van der Waals surface area contributed by atoms with E-state index < -0.39 is 0 Å². The van der Waals surface area contributed by atoms with Gasteiger partial charge in [0.15, 0.2) is 4.96 Å². The number of thiazole rings is 1. The molecular weight excluding hydrogens is 220 g/mol. The molecule has 0 aliphatic carbocycles. The van der Waals surface area contributed by atoms with Gasteiger partial charge in [-0.1, -0.05) is 20.8 Å². The molecule has 0 saturated heterocycles. The van der Waals surface area contributed by atoms with E-state index in [0.717, 1.165) is 17.1 Å². The molecule has 2 aromatic rings. The molecule has 16 heavy (non-hydrogen) atoms. The monoisotopic (exact) mass is 236 g/mol. The molecule has 4 heteroatoms. The molecular formula is C12H16N2OS. The van der Waals surface area contributed by atoms with Crippen LogP contribution in [0.4, 0.5) is 0 Å². The van der Waals surface area contributed by atoms with Crippen LogP contribution in [0, 0.1) is 5.41 Å². The molecule has 2 aromatic heterocycles. The normalized spacial score (nSPS) is 12.2. The smallest absolute Gasteiger partial charge is 0.193 e. The number of aromatic nitrogens is 2. The molecule has 3 nitrogen and oxygen atoms in total. The summed E-state index contributed by atoms with van der Waals surface area (Å²) in [6, 6.07) is 0. The standard InChI is InChI=1S/C12H16N2OS/c1-4-12(2,3)10(15)7-9-8-14-5-6-16-11(14)13-9/h5-6,8H,4,7H2,1-3H3. The van der Waals surface area contributed by atoms with E-state index in [9.17, 15) is 4.79 Å². The van der Waals surface area contributed by atoms with E-state index in [0.29, 0.717) is 6.42 Å². The van der Waals surface area contributed by atoms with E-state index in [2.05, 4.69) is 4.98 Å². The summed E-state index contributed by atoms with van der Waals surface area (Å²) < 4.78 is 1.96. The number of carbonyl (C=O) groups excluding carboxylic acids is 1. The third kappa shape index (κ3) is 2.02. The molecule has 0 aromatic carbocycles. The van der Waals surface area contributed by atoms with Crippen molar-refractivity contribution in [2.45, 2.75) is 33.6 Å². The molecule has 0 aliphatic rings.